The highest BCUT2D eigenvalue weighted by atomic mass is 32.2. The van der Waals surface area contributed by atoms with Crippen molar-refractivity contribution in [3.63, 3.8) is 0 Å². The van der Waals surface area contributed by atoms with Gasteiger partial charge in [0.1, 0.15) is 6.10 Å². The zero-order chi connectivity index (χ0) is 13.9. The predicted octanol–water partition coefficient (Wildman–Crippen LogP) is 0.713. The van der Waals surface area contributed by atoms with Gasteiger partial charge in [0.05, 0.1) is 19.4 Å². The number of hydrogen-bond acceptors (Lipinski definition) is 7. The van der Waals surface area contributed by atoms with Crippen LogP contribution in [0.15, 0.2) is 0 Å². The van der Waals surface area contributed by atoms with Crippen LogP contribution in [-0.2, 0) is 22.4 Å². The summed E-state index contributed by atoms with van der Waals surface area (Å²) in [5.74, 6) is 2.02. The first-order chi connectivity index (χ1) is 9.79. The highest BCUT2D eigenvalue weighted by Gasteiger charge is 2.26. The SMILES string of the molecule is COC(=O)c1nc(C2CSCCO2)nc2c1CCNC2. The largest absolute Gasteiger partial charge is 0.464 e. The molecular formula is C13H17N3O3S. The van der Waals surface area contributed by atoms with Crippen LogP contribution in [0.5, 0.6) is 0 Å². The van der Waals surface area contributed by atoms with Gasteiger partial charge in [-0.1, -0.05) is 0 Å². The molecule has 0 spiro atoms. The molecule has 108 valence electrons. The van der Waals surface area contributed by atoms with Crippen molar-refractivity contribution in [1.29, 1.82) is 0 Å². The first kappa shape index (κ1) is 13.8. The van der Waals surface area contributed by atoms with Gasteiger partial charge >= 0.3 is 5.97 Å². The molecule has 20 heavy (non-hydrogen) atoms. The van der Waals surface area contributed by atoms with E-state index in [-0.39, 0.29) is 6.10 Å². The summed E-state index contributed by atoms with van der Waals surface area (Å²) in [5, 5.41) is 3.27. The molecule has 1 N–H and O–H groups in total. The van der Waals surface area contributed by atoms with Crippen LogP contribution in [-0.4, -0.2) is 47.7 Å². The van der Waals surface area contributed by atoms with E-state index in [0.29, 0.717) is 24.7 Å². The number of hydrogen-bond donors (Lipinski definition) is 1. The summed E-state index contributed by atoms with van der Waals surface area (Å²) in [7, 11) is 1.38. The summed E-state index contributed by atoms with van der Waals surface area (Å²) >= 11 is 1.82. The second kappa shape index (κ2) is 6.07. The van der Waals surface area contributed by atoms with Gasteiger partial charge in [0.15, 0.2) is 11.5 Å². The molecule has 0 aromatic carbocycles. The van der Waals surface area contributed by atoms with Gasteiger partial charge in [-0.05, 0) is 13.0 Å². The van der Waals surface area contributed by atoms with Gasteiger partial charge in [-0.3, -0.25) is 0 Å². The summed E-state index contributed by atoms with van der Waals surface area (Å²) in [5.41, 5.74) is 2.19. The maximum absolute atomic E-state index is 11.9. The van der Waals surface area contributed by atoms with Crippen LogP contribution >= 0.6 is 11.8 Å². The number of rotatable bonds is 2. The van der Waals surface area contributed by atoms with E-state index in [9.17, 15) is 4.79 Å². The number of methoxy groups -OCH3 is 1. The van der Waals surface area contributed by atoms with Crippen LogP contribution in [0.1, 0.15) is 33.7 Å². The second-order valence-corrected chi connectivity index (χ2v) is 5.86. The zero-order valence-corrected chi connectivity index (χ0v) is 12.2. The third-order valence-electron chi connectivity index (χ3n) is 3.44. The molecule has 1 aromatic rings. The van der Waals surface area contributed by atoms with Crippen LogP contribution in [0.4, 0.5) is 0 Å². The summed E-state index contributed by atoms with van der Waals surface area (Å²) in [4.78, 5) is 21.0. The van der Waals surface area contributed by atoms with Crippen LogP contribution in [0.25, 0.3) is 0 Å². The number of fused-ring (bicyclic) bond motifs is 1. The lowest BCUT2D eigenvalue weighted by Gasteiger charge is -2.24. The first-order valence-electron chi connectivity index (χ1n) is 6.67. The normalized spacial score (nSPS) is 22.1. The molecule has 1 aromatic heterocycles. The lowest BCUT2D eigenvalue weighted by Crippen LogP contribution is -2.30. The number of nitrogens with one attached hydrogen (secondary N) is 1. The molecule has 1 atom stereocenters. The molecular weight excluding hydrogens is 278 g/mol. The maximum Gasteiger partial charge on any atom is 0.357 e. The van der Waals surface area contributed by atoms with E-state index in [1.807, 2.05) is 11.8 Å². The van der Waals surface area contributed by atoms with Crippen molar-refractivity contribution in [2.75, 3.05) is 31.8 Å². The summed E-state index contributed by atoms with van der Waals surface area (Å²) in [6.45, 7) is 2.19. The number of thioether (sulfide) groups is 1. The standard InChI is InChI=1S/C13H17N3O3S/c1-18-13(17)11-8-2-3-14-6-9(8)15-12(16-11)10-7-20-5-4-19-10/h10,14H,2-7H2,1H3. The van der Waals surface area contributed by atoms with E-state index >= 15 is 0 Å². The van der Waals surface area contributed by atoms with Gasteiger partial charge in [0, 0.05) is 23.6 Å². The Morgan fingerprint density at radius 2 is 2.40 bits per heavy atom. The quantitative estimate of drug-likeness (QED) is 0.806. The monoisotopic (exact) mass is 295 g/mol. The van der Waals surface area contributed by atoms with Crippen molar-refractivity contribution in [2.45, 2.75) is 19.1 Å². The van der Waals surface area contributed by atoms with Crippen molar-refractivity contribution in [3.05, 3.63) is 22.8 Å². The Morgan fingerprint density at radius 3 is 3.15 bits per heavy atom. The van der Waals surface area contributed by atoms with Gasteiger partial charge in [-0.15, -0.1) is 0 Å². The Hall–Kier alpha value is -1.18. The third-order valence-corrected chi connectivity index (χ3v) is 4.43. The smallest absolute Gasteiger partial charge is 0.357 e. The van der Waals surface area contributed by atoms with Crippen molar-refractivity contribution in [3.8, 4) is 0 Å². The van der Waals surface area contributed by atoms with Crippen LogP contribution in [0.2, 0.25) is 0 Å². The van der Waals surface area contributed by atoms with Crippen LogP contribution in [0.3, 0.4) is 0 Å². The van der Waals surface area contributed by atoms with E-state index < -0.39 is 5.97 Å². The number of nitrogens with zero attached hydrogens (tertiary/aromatic N) is 2. The van der Waals surface area contributed by atoms with E-state index in [2.05, 4.69) is 15.3 Å². The van der Waals surface area contributed by atoms with Crippen molar-refractivity contribution >= 4 is 17.7 Å². The maximum atomic E-state index is 11.9. The molecule has 1 unspecified atom stereocenters. The van der Waals surface area contributed by atoms with Gasteiger partial charge in [0.25, 0.3) is 0 Å². The molecule has 6 nitrogen and oxygen atoms in total. The fourth-order valence-electron chi connectivity index (χ4n) is 2.42. The van der Waals surface area contributed by atoms with Crippen LogP contribution in [0, 0.1) is 0 Å². The van der Waals surface area contributed by atoms with Gasteiger partial charge in [-0.25, -0.2) is 14.8 Å². The van der Waals surface area contributed by atoms with E-state index in [1.165, 1.54) is 7.11 Å². The Labute approximate surface area is 121 Å². The Morgan fingerprint density at radius 1 is 1.50 bits per heavy atom. The van der Waals surface area contributed by atoms with Crippen molar-refractivity contribution < 1.29 is 14.3 Å². The zero-order valence-electron chi connectivity index (χ0n) is 11.3. The molecule has 3 heterocycles. The van der Waals surface area contributed by atoms with Gasteiger partial charge < -0.3 is 14.8 Å². The fraction of sp³-hybridized carbons (Fsp3) is 0.615. The van der Waals surface area contributed by atoms with Crippen molar-refractivity contribution in [1.82, 2.24) is 15.3 Å². The highest BCUT2D eigenvalue weighted by molar-refractivity contribution is 7.99. The van der Waals surface area contributed by atoms with E-state index in [1.54, 1.807) is 0 Å². The van der Waals surface area contributed by atoms with Gasteiger partial charge in [-0.2, -0.15) is 11.8 Å². The molecule has 2 aliphatic rings. The number of esters is 1. The molecule has 0 saturated carbocycles. The summed E-state index contributed by atoms with van der Waals surface area (Å²) in [6.07, 6.45) is 0.615. The topological polar surface area (TPSA) is 73.3 Å². The molecule has 7 heteroatoms. The lowest BCUT2D eigenvalue weighted by atomic mass is 10.0. The molecule has 1 fully saturated rings. The fourth-order valence-corrected chi connectivity index (χ4v) is 3.27. The van der Waals surface area contributed by atoms with Crippen molar-refractivity contribution in [2.24, 2.45) is 0 Å². The van der Waals surface area contributed by atoms with E-state index in [0.717, 1.165) is 35.7 Å². The number of carbonyl (C=O) groups excluding carboxylic acids is 1. The Balaban J connectivity index is 2.00. The van der Waals surface area contributed by atoms with Gasteiger partial charge in [0.2, 0.25) is 0 Å². The lowest BCUT2D eigenvalue weighted by molar-refractivity contribution is 0.0579. The minimum Gasteiger partial charge on any atom is -0.464 e. The molecule has 0 amide bonds. The molecule has 2 aliphatic heterocycles. The Kier molecular flexibility index (Phi) is 4.18. The molecule has 0 bridgehead atoms. The number of aromatic nitrogens is 2. The number of carbonyl (C=O) groups is 1. The Bertz CT molecular complexity index is 518. The molecule has 3 rings (SSSR count). The van der Waals surface area contributed by atoms with E-state index in [4.69, 9.17) is 9.47 Å². The minimum absolute atomic E-state index is 0.135. The highest BCUT2D eigenvalue weighted by Crippen LogP contribution is 2.26. The summed E-state index contributed by atoms with van der Waals surface area (Å²) < 4.78 is 10.6. The minimum atomic E-state index is -0.393. The first-order valence-corrected chi connectivity index (χ1v) is 7.83. The number of ether oxygens (including phenoxy) is 2. The average Bonchev–Trinajstić information content (AvgIpc) is 2.54. The summed E-state index contributed by atoms with van der Waals surface area (Å²) in [6, 6.07) is 0. The average molecular weight is 295 g/mol. The molecule has 0 aliphatic carbocycles. The molecule has 1 saturated heterocycles. The van der Waals surface area contributed by atoms with Crippen LogP contribution < -0.4 is 5.32 Å². The molecule has 0 radical (unpaired) electrons. The predicted molar refractivity (Wildman–Crippen MR) is 74.8 cm³/mol. The second-order valence-electron chi connectivity index (χ2n) is 4.71. The third kappa shape index (κ3) is 2.65.